The Morgan fingerprint density at radius 3 is 2.59 bits per heavy atom. The van der Waals surface area contributed by atoms with Gasteiger partial charge in [-0.3, -0.25) is 4.79 Å². The summed E-state index contributed by atoms with van der Waals surface area (Å²) in [6.07, 6.45) is 3.42. The third-order valence-corrected chi connectivity index (χ3v) is 6.09. The number of nitrogens with zero attached hydrogens (tertiary/aromatic N) is 3. The largest absolute Gasteiger partial charge is 0.497 e. The maximum absolute atomic E-state index is 12.9. The van der Waals surface area contributed by atoms with E-state index < -0.39 is 0 Å². The molecule has 0 unspecified atom stereocenters. The summed E-state index contributed by atoms with van der Waals surface area (Å²) in [5, 5.41) is 3.17. The number of rotatable bonds is 6. The van der Waals surface area contributed by atoms with Crippen LogP contribution in [0, 0.1) is 12.8 Å². The topological polar surface area (TPSA) is 67.3 Å². The van der Waals surface area contributed by atoms with Gasteiger partial charge in [0.15, 0.2) is 5.82 Å². The Labute approximate surface area is 189 Å². The zero-order valence-corrected chi connectivity index (χ0v) is 18.9. The molecule has 1 aromatic heterocycles. The monoisotopic (exact) mass is 430 g/mol. The summed E-state index contributed by atoms with van der Waals surface area (Å²) >= 11 is 0. The number of amides is 1. The number of methoxy groups -OCH3 is 1. The van der Waals surface area contributed by atoms with Crippen LogP contribution in [0.5, 0.6) is 5.75 Å². The Hall–Kier alpha value is -3.41. The van der Waals surface area contributed by atoms with E-state index in [0.717, 1.165) is 54.4 Å². The molecular formula is C26H30N4O2. The van der Waals surface area contributed by atoms with Gasteiger partial charge < -0.3 is 15.0 Å². The number of piperidine rings is 1. The van der Waals surface area contributed by atoms with Gasteiger partial charge in [0.1, 0.15) is 11.6 Å². The Morgan fingerprint density at radius 1 is 1.12 bits per heavy atom. The van der Waals surface area contributed by atoms with Crippen molar-refractivity contribution in [1.82, 2.24) is 15.3 Å². The summed E-state index contributed by atoms with van der Waals surface area (Å²) in [6, 6.07) is 18.0. The van der Waals surface area contributed by atoms with Crippen LogP contribution >= 0.6 is 0 Å². The lowest BCUT2D eigenvalue weighted by Crippen LogP contribution is -2.41. The van der Waals surface area contributed by atoms with Crippen LogP contribution < -0.4 is 15.0 Å². The first-order chi connectivity index (χ1) is 15.5. The Kier molecular flexibility index (Phi) is 6.69. The van der Waals surface area contributed by atoms with E-state index in [1.165, 1.54) is 5.56 Å². The lowest BCUT2D eigenvalue weighted by molar-refractivity contribution is -0.126. The van der Waals surface area contributed by atoms with Gasteiger partial charge in [-0.05, 0) is 50.5 Å². The summed E-state index contributed by atoms with van der Waals surface area (Å²) in [5.41, 5.74) is 3.27. The molecule has 4 rings (SSSR count). The second-order valence-corrected chi connectivity index (χ2v) is 8.37. The molecule has 1 fully saturated rings. The smallest absolute Gasteiger partial charge is 0.223 e. The molecule has 166 valence electrons. The second-order valence-electron chi connectivity index (χ2n) is 8.37. The predicted octanol–water partition coefficient (Wildman–Crippen LogP) is 4.55. The van der Waals surface area contributed by atoms with Gasteiger partial charge >= 0.3 is 0 Å². The van der Waals surface area contributed by atoms with E-state index in [-0.39, 0.29) is 17.9 Å². The van der Waals surface area contributed by atoms with Crippen molar-refractivity contribution in [3.05, 3.63) is 71.9 Å². The summed E-state index contributed by atoms with van der Waals surface area (Å²) < 4.78 is 5.29. The van der Waals surface area contributed by atoms with Crippen molar-refractivity contribution in [2.75, 3.05) is 25.1 Å². The van der Waals surface area contributed by atoms with Crippen molar-refractivity contribution >= 4 is 11.7 Å². The molecule has 1 aliphatic heterocycles. The molecule has 2 aromatic carbocycles. The van der Waals surface area contributed by atoms with Gasteiger partial charge in [0, 0.05) is 30.8 Å². The van der Waals surface area contributed by atoms with Crippen molar-refractivity contribution in [2.24, 2.45) is 5.92 Å². The lowest BCUT2D eigenvalue weighted by atomic mass is 9.95. The Morgan fingerprint density at radius 2 is 1.88 bits per heavy atom. The van der Waals surface area contributed by atoms with Gasteiger partial charge in [0.25, 0.3) is 0 Å². The lowest BCUT2D eigenvalue weighted by Gasteiger charge is -2.32. The quantitative estimate of drug-likeness (QED) is 0.621. The molecular weight excluding hydrogens is 400 g/mol. The maximum Gasteiger partial charge on any atom is 0.223 e. The number of aromatic nitrogens is 2. The van der Waals surface area contributed by atoms with E-state index in [1.807, 2.05) is 43.5 Å². The fraction of sp³-hybridized carbons (Fsp3) is 0.346. The van der Waals surface area contributed by atoms with Gasteiger partial charge in [0.2, 0.25) is 5.91 Å². The zero-order valence-electron chi connectivity index (χ0n) is 18.9. The average molecular weight is 431 g/mol. The minimum Gasteiger partial charge on any atom is -0.497 e. The standard InChI is InChI=1S/C26H30N4O2/c1-18-7-9-20(10-8-18)25-27-14-11-24(29-25)30-15-12-21(13-16-30)26(31)28-19(2)22-5-4-6-23(17-22)32-3/h4-11,14,17,19,21H,12-13,15-16H2,1-3H3,(H,28,31)/t19-/m1/s1. The predicted molar refractivity (Wildman–Crippen MR) is 127 cm³/mol. The summed E-state index contributed by atoms with van der Waals surface area (Å²) in [6.45, 7) is 5.68. The van der Waals surface area contributed by atoms with Crippen molar-refractivity contribution in [2.45, 2.75) is 32.7 Å². The van der Waals surface area contributed by atoms with Gasteiger partial charge in [0.05, 0.1) is 13.2 Å². The molecule has 3 aromatic rings. The Bertz CT molecular complexity index is 1060. The minimum atomic E-state index is -0.0606. The zero-order chi connectivity index (χ0) is 22.5. The highest BCUT2D eigenvalue weighted by molar-refractivity contribution is 5.79. The van der Waals surface area contributed by atoms with E-state index >= 15 is 0 Å². The number of anilines is 1. The molecule has 0 saturated carbocycles. The third kappa shape index (κ3) is 5.07. The molecule has 1 aliphatic rings. The van der Waals surface area contributed by atoms with E-state index in [9.17, 15) is 4.79 Å². The summed E-state index contributed by atoms with van der Waals surface area (Å²) in [4.78, 5) is 24.3. The van der Waals surface area contributed by atoms with E-state index in [4.69, 9.17) is 9.72 Å². The third-order valence-electron chi connectivity index (χ3n) is 6.09. The number of benzene rings is 2. The van der Waals surface area contributed by atoms with Crippen LogP contribution in [-0.4, -0.2) is 36.1 Å². The molecule has 32 heavy (non-hydrogen) atoms. The molecule has 1 atom stereocenters. The van der Waals surface area contributed by atoms with Gasteiger partial charge in [-0.25, -0.2) is 9.97 Å². The number of hydrogen-bond donors (Lipinski definition) is 1. The fourth-order valence-corrected chi connectivity index (χ4v) is 4.06. The highest BCUT2D eigenvalue weighted by atomic mass is 16.5. The first-order valence-corrected chi connectivity index (χ1v) is 11.1. The van der Waals surface area contributed by atoms with Crippen molar-refractivity contribution in [1.29, 1.82) is 0 Å². The summed E-state index contributed by atoms with van der Waals surface area (Å²) in [7, 11) is 1.65. The molecule has 6 heteroatoms. The van der Waals surface area contributed by atoms with Crippen LogP contribution in [0.1, 0.15) is 36.9 Å². The molecule has 2 heterocycles. The number of aryl methyl sites for hydroxylation is 1. The number of hydrogen-bond acceptors (Lipinski definition) is 5. The number of ether oxygens (including phenoxy) is 1. The highest BCUT2D eigenvalue weighted by Crippen LogP contribution is 2.25. The van der Waals surface area contributed by atoms with Crippen LogP contribution in [0.15, 0.2) is 60.8 Å². The maximum atomic E-state index is 12.9. The van der Waals surface area contributed by atoms with E-state index in [1.54, 1.807) is 7.11 Å². The molecule has 1 N–H and O–H groups in total. The van der Waals surface area contributed by atoms with Crippen LogP contribution in [0.3, 0.4) is 0 Å². The van der Waals surface area contributed by atoms with Gasteiger partial charge in [-0.1, -0.05) is 42.0 Å². The number of carbonyl (C=O) groups excluding carboxylic acids is 1. The van der Waals surface area contributed by atoms with Crippen molar-refractivity contribution < 1.29 is 9.53 Å². The SMILES string of the molecule is COc1cccc([C@@H](C)NC(=O)C2CCN(c3ccnc(-c4ccc(C)cc4)n3)CC2)c1. The van der Waals surface area contributed by atoms with Crippen molar-refractivity contribution in [3.8, 4) is 17.1 Å². The van der Waals surface area contributed by atoms with Crippen LogP contribution in [-0.2, 0) is 4.79 Å². The summed E-state index contributed by atoms with van der Waals surface area (Å²) in [5.74, 6) is 2.57. The molecule has 0 bridgehead atoms. The molecule has 0 aliphatic carbocycles. The van der Waals surface area contributed by atoms with Crippen LogP contribution in [0.4, 0.5) is 5.82 Å². The molecule has 1 saturated heterocycles. The van der Waals surface area contributed by atoms with E-state index in [2.05, 4.69) is 46.4 Å². The van der Waals surface area contributed by atoms with Gasteiger partial charge in [-0.15, -0.1) is 0 Å². The molecule has 1 amide bonds. The fourth-order valence-electron chi connectivity index (χ4n) is 4.06. The van der Waals surface area contributed by atoms with Crippen molar-refractivity contribution in [3.63, 3.8) is 0 Å². The molecule has 6 nitrogen and oxygen atoms in total. The van der Waals surface area contributed by atoms with Crippen LogP contribution in [0.25, 0.3) is 11.4 Å². The first-order valence-electron chi connectivity index (χ1n) is 11.1. The second kappa shape index (κ2) is 9.81. The molecule has 0 radical (unpaired) electrons. The van der Waals surface area contributed by atoms with Gasteiger partial charge in [-0.2, -0.15) is 0 Å². The number of carbonyl (C=O) groups is 1. The number of nitrogens with one attached hydrogen (secondary N) is 1. The Balaban J connectivity index is 1.35. The van der Waals surface area contributed by atoms with E-state index in [0.29, 0.717) is 0 Å². The minimum absolute atomic E-state index is 0.0118. The normalized spacial score (nSPS) is 15.3. The highest BCUT2D eigenvalue weighted by Gasteiger charge is 2.27. The molecule has 0 spiro atoms. The average Bonchev–Trinajstić information content (AvgIpc) is 2.84. The van der Waals surface area contributed by atoms with Crippen LogP contribution in [0.2, 0.25) is 0 Å². The first kappa shape index (κ1) is 21.8.